The van der Waals surface area contributed by atoms with Gasteiger partial charge in [-0.15, -0.1) is 6.42 Å². The molecule has 13 heavy (non-hydrogen) atoms. The highest BCUT2D eigenvalue weighted by Gasteiger charge is 2.18. The van der Waals surface area contributed by atoms with Gasteiger partial charge in [-0.2, -0.15) is 0 Å². The van der Waals surface area contributed by atoms with Crippen molar-refractivity contribution in [1.29, 1.82) is 0 Å². The molecule has 4 nitrogen and oxygen atoms in total. The Morgan fingerprint density at radius 3 is 1.62 bits per heavy atom. The van der Waals surface area contributed by atoms with Crippen LogP contribution in [-0.2, 0) is 0 Å². The Labute approximate surface area is 74.7 Å². The van der Waals surface area contributed by atoms with Crippen molar-refractivity contribution in [2.24, 2.45) is 0 Å². The van der Waals surface area contributed by atoms with Crippen molar-refractivity contribution < 1.29 is 20.4 Å². The van der Waals surface area contributed by atoms with Gasteiger partial charge < -0.3 is 20.4 Å². The molecule has 0 saturated carbocycles. The van der Waals surface area contributed by atoms with Gasteiger partial charge in [-0.3, -0.25) is 0 Å². The van der Waals surface area contributed by atoms with Crippen LogP contribution >= 0.6 is 0 Å². The van der Waals surface area contributed by atoms with Crippen molar-refractivity contribution in [1.82, 2.24) is 0 Å². The lowest BCUT2D eigenvalue weighted by Gasteiger charge is -2.08. The number of benzene rings is 1. The lowest BCUT2D eigenvalue weighted by atomic mass is 10.1. The average Bonchev–Trinajstić information content (AvgIpc) is 2.13. The number of hydrogen-bond acceptors (Lipinski definition) is 4. The van der Waals surface area contributed by atoms with Crippen LogP contribution in [0.1, 0.15) is 11.1 Å². The first-order chi connectivity index (χ1) is 6.00. The van der Waals surface area contributed by atoms with Crippen molar-refractivity contribution in [3.8, 4) is 35.3 Å². The average molecular weight is 180 g/mol. The summed E-state index contributed by atoms with van der Waals surface area (Å²) in [4.78, 5) is 0. The molecule has 0 aliphatic rings. The summed E-state index contributed by atoms with van der Waals surface area (Å²) in [6, 6.07) is 0. The predicted molar refractivity (Wildman–Crippen MR) is 45.8 cm³/mol. The zero-order chi connectivity index (χ0) is 10.2. The van der Waals surface area contributed by atoms with Crippen LogP contribution in [0, 0.1) is 19.3 Å². The molecule has 68 valence electrons. The van der Waals surface area contributed by atoms with E-state index in [0.717, 1.165) is 0 Å². The summed E-state index contributed by atoms with van der Waals surface area (Å²) in [6.45, 7) is 1.34. The normalized spacial score (nSPS) is 9.54. The van der Waals surface area contributed by atoms with Crippen LogP contribution in [0.2, 0.25) is 0 Å². The largest absolute Gasteiger partial charge is 0.504 e. The first-order valence-corrected chi connectivity index (χ1v) is 3.43. The quantitative estimate of drug-likeness (QED) is 0.270. The highest BCUT2D eigenvalue weighted by molar-refractivity contribution is 5.68. The Balaban J connectivity index is 3.69. The van der Waals surface area contributed by atoms with Gasteiger partial charge in [0.15, 0.2) is 23.0 Å². The fourth-order valence-electron chi connectivity index (χ4n) is 0.953. The predicted octanol–water partition coefficient (Wildman–Crippen LogP) is 0.799. The van der Waals surface area contributed by atoms with E-state index < -0.39 is 23.0 Å². The van der Waals surface area contributed by atoms with Gasteiger partial charge >= 0.3 is 0 Å². The van der Waals surface area contributed by atoms with Gasteiger partial charge in [0.1, 0.15) is 5.56 Å². The van der Waals surface area contributed by atoms with Crippen LogP contribution in [-0.4, -0.2) is 20.4 Å². The number of aromatic hydroxyl groups is 4. The SMILES string of the molecule is C#Cc1c(O)c(O)c(C)c(O)c1O. The van der Waals surface area contributed by atoms with E-state index in [1.807, 2.05) is 5.92 Å². The molecule has 1 rings (SSSR count). The molecule has 0 aliphatic heterocycles. The van der Waals surface area contributed by atoms with E-state index in [-0.39, 0.29) is 11.1 Å². The molecular weight excluding hydrogens is 172 g/mol. The molecule has 0 amide bonds. The van der Waals surface area contributed by atoms with Crippen LogP contribution in [0.4, 0.5) is 0 Å². The van der Waals surface area contributed by atoms with Crippen LogP contribution in [0.25, 0.3) is 0 Å². The maximum Gasteiger partial charge on any atom is 0.177 e. The molecule has 4 N–H and O–H groups in total. The minimum absolute atomic E-state index is 0.0194. The molecule has 0 fully saturated rings. The number of rotatable bonds is 0. The fourth-order valence-corrected chi connectivity index (χ4v) is 0.953. The van der Waals surface area contributed by atoms with Crippen molar-refractivity contribution >= 4 is 0 Å². The molecule has 0 aromatic heterocycles. The second kappa shape index (κ2) is 2.79. The van der Waals surface area contributed by atoms with Gasteiger partial charge in [0, 0.05) is 5.56 Å². The zero-order valence-electron chi connectivity index (χ0n) is 6.87. The number of phenolic OH excluding ortho intramolecular Hbond substituents is 4. The van der Waals surface area contributed by atoms with Gasteiger partial charge in [-0.05, 0) is 6.92 Å². The lowest BCUT2D eigenvalue weighted by molar-refractivity contribution is 0.366. The summed E-state index contributed by atoms with van der Waals surface area (Å²) in [6.07, 6.45) is 4.95. The molecule has 0 aliphatic carbocycles. The Morgan fingerprint density at radius 1 is 0.923 bits per heavy atom. The molecule has 0 atom stereocenters. The Morgan fingerprint density at radius 2 is 1.31 bits per heavy atom. The molecule has 4 heteroatoms. The Bertz CT molecular complexity index is 372. The molecule has 0 radical (unpaired) electrons. The van der Waals surface area contributed by atoms with Crippen LogP contribution < -0.4 is 0 Å². The van der Waals surface area contributed by atoms with E-state index in [2.05, 4.69) is 0 Å². The van der Waals surface area contributed by atoms with Gasteiger partial charge in [-0.25, -0.2) is 0 Å². The fraction of sp³-hybridized carbons (Fsp3) is 0.111. The number of phenols is 4. The molecule has 0 heterocycles. The van der Waals surface area contributed by atoms with E-state index >= 15 is 0 Å². The molecule has 0 spiro atoms. The monoisotopic (exact) mass is 180 g/mol. The summed E-state index contributed by atoms with van der Waals surface area (Å²) in [5.74, 6) is -0.300. The third-order valence-electron chi connectivity index (χ3n) is 1.78. The summed E-state index contributed by atoms with van der Waals surface area (Å²) < 4.78 is 0. The number of hydrogen-bond donors (Lipinski definition) is 4. The van der Waals surface area contributed by atoms with E-state index in [1.165, 1.54) is 6.92 Å². The van der Waals surface area contributed by atoms with Crippen molar-refractivity contribution in [3.63, 3.8) is 0 Å². The minimum atomic E-state index is -0.602. The smallest absolute Gasteiger partial charge is 0.177 e. The summed E-state index contributed by atoms with van der Waals surface area (Å²) >= 11 is 0. The van der Waals surface area contributed by atoms with Gasteiger partial charge in [0.05, 0.1) is 0 Å². The van der Waals surface area contributed by atoms with E-state index in [0.29, 0.717) is 0 Å². The zero-order valence-corrected chi connectivity index (χ0v) is 6.87. The summed E-state index contributed by atoms with van der Waals surface area (Å²) in [7, 11) is 0. The third kappa shape index (κ3) is 1.11. The molecule has 0 saturated heterocycles. The van der Waals surface area contributed by atoms with E-state index in [4.69, 9.17) is 6.42 Å². The van der Waals surface area contributed by atoms with Crippen LogP contribution in [0.3, 0.4) is 0 Å². The molecule has 1 aromatic rings. The van der Waals surface area contributed by atoms with Crippen molar-refractivity contribution in [3.05, 3.63) is 11.1 Å². The second-order valence-corrected chi connectivity index (χ2v) is 2.54. The highest BCUT2D eigenvalue weighted by atomic mass is 16.3. The lowest BCUT2D eigenvalue weighted by Crippen LogP contribution is -1.85. The maximum atomic E-state index is 9.22. The van der Waals surface area contributed by atoms with Crippen molar-refractivity contribution in [2.75, 3.05) is 0 Å². The molecular formula is C9H8O4. The van der Waals surface area contributed by atoms with Gasteiger partial charge in [0.25, 0.3) is 0 Å². The first-order valence-electron chi connectivity index (χ1n) is 3.43. The molecule has 0 unspecified atom stereocenters. The van der Waals surface area contributed by atoms with Gasteiger partial charge in [-0.1, -0.05) is 5.92 Å². The van der Waals surface area contributed by atoms with Gasteiger partial charge in [0.2, 0.25) is 0 Å². The van der Waals surface area contributed by atoms with Crippen molar-refractivity contribution in [2.45, 2.75) is 6.92 Å². The summed E-state index contributed by atoms with van der Waals surface area (Å²) in [5.41, 5.74) is -0.338. The first kappa shape index (κ1) is 9.07. The standard InChI is InChI=1S/C9H8O4/c1-3-5-8(12)6(10)4(2)7(11)9(5)13/h1,10-13H,2H3. The van der Waals surface area contributed by atoms with Crippen LogP contribution in [0.15, 0.2) is 0 Å². The molecule has 1 aromatic carbocycles. The van der Waals surface area contributed by atoms with E-state index in [1.54, 1.807) is 0 Å². The Kier molecular flexibility index (Phi) is 1.95. The highest BCUT2D eigenvalue weighted by Crippen LogP contribution is 2.45. The van der Waals surface area contributed by atoms with E-state index in [9.17, 15) is 20.4 Å². The Hall–Kier alpha value is -2.02. The van der Waals surface area contributed by atoms with Crippen LogP contribution in [0.5, 0.6) is 23.0 Å². The topological polar surface area (TPSA) is 80.9 Å². The second-order valence-electron chi connectivity index (χ2n) is 2.54. The number of terminal acetylenes is 1. The molecule has 0 bridgehead atoms. The third-order valence-corrected chi connectivity index (χ3v) is 1.78. The maximum absolute atomic E-state index is 9.22. The minimum Gasteiger partial charge on any atom is -0.504 e. The summed E-state index contributed by atoms with van der Waals surface area (Å²) in [5, 5.41) is 36.9.